The third-order valence-electron chi connectivity index (χ3n) is 5.41. The number of aryl methyl sites for hydroxylation is 1. The summed E-state index contributed by atoms with van der Waals surface area (Å²) < 4.78 is 27.3. The molecule has 0 aliphatic heterocycles. The fourth-order valence-electron chi connectivity index (χ4n) is 3.76. The Morgan fingerprint density at radius 1 is 1.17 bits per heavy atom. The second-order valence-corrected chi connectivity index (χ2v) is 11.2. The van der Waals surface area contributed by atoms with Crippen molar-refractivity contribution in [3.63, 3.8) is 0 Å². The van der Waals surface area contributed by atoms with E-state index in [1.165, 1.54) is 10.7 Å². The van der Waals surface area contributed by atoms with Gasteiger partial charge < -0.3 is 5.32 Å². The fourth-order valence-corrected chi connectivity index (χ4v) is 6.05. The van der Waals surface area contributed by atoms with E-state index in [0.29, 0.717) is 12.2 Å². The first-order valence-electron chi connectivity index (χ1n) is 10.2. The number of aromatic nitrogens is 1. The number of carbonyl (C=O) groups is 1. The Bertz CT molecular complexity index is 951. The molecule has 1 aliphatic rings. The zero-order chi connectivity index (χ0) is 21.7. The Labute approximate surface area is 183 Å². The van der Waals surface area contributed by atoms with E-state index in [4.69, 9.17) is 0 Å². The van der Waals surface area contributed by atoms with Gasteiger partial charge in [-0.25, -0.2) is 13.4 Å². The monoisotopic (exact) mass is 450 g/mol. The summed E-state index contributed by atoms with van der Waals surface area (Å²) >= 11 is 1.62. The number of thiazole rings is 1. The minimum Gasteiger partial charge on any atom is -0.325 e. The van der Waals surface area contributed by atoms with Crippen LogP contribution in [0.15, 0.2) is 35.4 Å². The van der Waals surface area contributed by atoms with E-state index in [-0.39, 0.29) is 23.4 Å². The Morgan fingerprint density at radius 2 is 1.83 bits per heavy atom. The van der Waals surface area contributed by atoms with Crippen molar-refractivity contribution in [2.45, 2.75) is 56.5 Å². The van der Waals surface area contributed by atoms with Crippen molar-refractivity contribution < 1.29 is 13.2 Å². The molecule has 2 aromatic rings. The first kappa shape index (κ1) is 22.9. The van der Waals surface area contributed by atoms with Gasteiger partial charge in [-0.15, -0.1) is 11.3 Å². The normalized spacial score (nSPS) is 15.6. The number of nitrogens with zero attached hydrogens (tertiary/aromatic N) is 3. The molecule has 0 atom stereocenters. The minimum atomic E-state index is -3.53. The molecule has 1 N–H and O–H groups in total. The third kappa shape index (κ3) is 5.87. The summed E-state index contributed by atoms with van der Waals surface area (Å²) in [4.78, 5) is 19.8. The average molecular weight is 451 g/mol. The predicted octanol–water partition coefficient (Wildman–Crippen LogP) is 3.48. The van der Waals surface area contributed by atoms with Gasteiger partial charge in [-0.3, -0.25) is 9.69 Å². The molecule has 7 nitrogen and oxygen atoms in total. The van der Waals surface area contributed by atoms with Gasteiger partial charge in [0.25, 0.3) is 0 Å². The van der Waals surface area contributed by atoms with Crippen LogP contribution in [0.2, 0.25) is 0 Å². The Kier molecular flexibility index (Phi) is 7.62. The summed E-state index contributed by atoms with van der Waals surface area (Å²) in [5, 5.41) is 3.84. The van der Waals surface area contributed by atoms with Gasteiger partial charge in [-0.2, -0.15) is 4.31 Å². The van der Waals surface area contributed by atoms with Gasteiger partial charge in [-0.1, -0.05) is 19.3 Å². The van der Waals surface area contributed by atoms with E-state index in [1.54, 1.807) is 42.6 Å². The first-order chi connectivity index (χ1) is 14.3. The summed E-state index contributed by atoms with van der Waals surface area (Å²) in [5.74, 6) is -0.145. The number of benzene rings is 1. The molecular weight excluding hydrogens is 420 g/mol. The number of anilines is 1. The standard InChI is InChI=1S/C21H30N4O3S2/c1-16-22-13-19(29-16)14-24(2)15-21(26)23-17-9-11-20(12-10-17)30(27,28)25(3)18-7-5-4-6-8-18/h9-13,18H,4-8,14-15H2,1-3H3,(H,23,26). The number of sulfonamides is 1. The van der Waals surface area contributed by atoms with Crippen LogP contribution in [-0.4, -0.2) is 55.2 Å². The Balaban J connectivity index is 1.56. The van der Waals surface area contributed by atoms with Gasteiger partial charge in [0.1, 0.15) is 0 Å². The number of carbonyl (C=O) groups excluding carboxylic acids is 1. The van der Waals surface area contributed by atoms with E-state index in [2.05, 4.69) is 10.3 Å². The largest absolute Gasteiger partial charge is 0.325 e. The predicted molar refractivity (Wildman–Crippen MR) is 120 cm³/mol. The molecule has 1 aliphatic carbocycles. The van der Waals surface area contributed by atoms with E-state index in [9.17, 15) is 13.2 Å². The lowest BCUT2D eigenvalue weighted by Gasteiger charge is -2.30. The molecule has 1 saturated carbocycles. The lowest BCUT2D eigenvalue weighted by Crippen LogP contribution is -2.38. The van der Waals surface area contributed by atoms with Crippen LogP contribution in [0.5, 0.6) is 0 Å². The highest BCUT2D eigenvalue weighted by atomic mass is 32.2. The molecule has 164 valence electrons. The van der Waals surface area contributed by atoms with Crippen molar-refractivity contribution in [1.82, 2.24) is 14.2 Å². The number of nitrogens with one attached hydrogen (secondary N) is 1. The van der Waals surface area contributed by atoms with E-state index >= 15 is 0 Å². The van der Waals surface area contributed by atoms with Crippen LogP contribution in [-0.2, 0) is 21.4 Å². The molecule has 0 bridgehead atoms. The zero-order valence-corrected chi connectivity index (χ0v) is 19.4. The Morgan fingerprint density at radius 3 is 2.43 bits per heavy atom. The van der Waals surface area contributed by atoms with Crippen LogP contribution in [0.1, 0.15) is 42.0 Å². The zero-order valence-electron chi connectivity index (χ0n) is 17.8. The summed E-state index contributed by atoms with van der Waals surface area (Å²) in [6.45, 7) is 2.85. The van der Waals surface area contributed by atoms with E-state index in [1.807, 2.05) is 25.1 Å². The van der Waals surface area contributed by atoms with Crippen LogP contribution >= 0.6 is 11.3 Å². The van der Waals surface area contributed by atoms with Gasteiger partial charge >= 0.3 is 0 Å². The second kappa shape index (κ2) is 10.00. The van der Waals surface area contributed by atoms with Gasteiger partial charge in [0.2, 0.25) is 15.9 Å². The highest BCUT2D eigenvalue weighted by Crippen LogP contribution is 2.27. The molecule has 0 unspecified atom stereocenters. The fraction of sp³-hybridized carbons (Fsp3) is 0.524. The summed E-state index contributed by atoms with van der Waals surface area (Å²) in [6.07, 6.45) is 6.99. The highest BCUT2D eigenvalue weighted by Gasteiger charge is 2.28. The quantitative estimate of drug-likeness (QED) is 0.666. The first-order valence-corrected chi connectivity index (χ1v) is 12.5. The molecule has 1 aromatic heterocycles. The summed E-state index contributed by atoms with van der Waals surface area (Å²) in [5.41, 5.74) is 0.585. The van der Waals surface area contributed by atoms with Crippen LogP contribution < -0.4 is 5.32 Å². The van der Waals surface area contributed by atoms with Crippen LogP contribution in [0.4, 0.5) is 5.69 Å². The van der Waals surface area contributed by atoms with E-state index in [0.717, 1.165) is 35.6 Å². The molecule has 30 heavy (non-hydrogen) atoms. The summed E-state index contributed by atoms with van der Waals surface area (Å²) in [7, 11) is 0.0206. The van der Waals surface area contributed by atoms with Gasteiger partial charge in [0.15, 0.2) is 0 Å². The van der Waals surface area contributed by atoms with Crippen LogP contribution in [0, 0.1) is 6.92 Å². The molecule has 0 saturated heterocycles. The molecule has 1 fully saturated rings. The minimum absolute atomic E-state index is 0.0704. The smallest absolute Gasteiger partial charge is 0.243 e. The summed E-state index contributed by atoms with van der Waals surface area (Å²) in [6, 6.07) is 6.49. The maximum atomic E-state index is 12.9. The number of amides is 1. The topological polar surface area (TPSA) is 82.6 Å². The molecule has 9 heteroatoms. The number of likely N-dealkylation sites (N-methyl/N-ethyl adjacent to an activating group) is 1. The van der Waals surface area contributed by atoms with Gasteiger partial charge in [0, 0.05) is 36.4 Å². The number of hydrogen-bond acceptors (Lipinski definition) is 6. The van der Waals surface area contributed by atoms with Crippen molar-refractivity contribution >= 4 is 33.0 Å². The van der Waals surface area contributed by atoms with Crippen LogP contribution in [0.3, 0.4) is 0 Å². The third-order valence-corrected chi connectivity index (χ3v) is 8.23. The second-order valence-electron chi connectivity index (χ2n) is 7.90. The number of rotatable bonds is 8. The van der Waals surface area contributed by atoms with Gasteiger partial charge in [-0.05, 0) is 51.1 Å². The molecule has 0 spiro atoms. The SMILES string of the molecule is Cc1ncc(CN(C)CC(=O)Nc2ccc(S(=O)(=O)N(C)C3CCCCC3)cc2)s1. The van der Waals surface area contributed by atoms with Crippen molar-refractivity contribution in [3.05, 3.63) is 40.3 Å². The van der Waals surface area contributed by atoms with E-state index < -0.39 is 10.0 Å². The maximum absolute atomic E-state index is 12.9. The molecule has 1 aromatic carbocycles. The Hall–Kier alpha value is -1.81. The van der Waals surface area contributed by atoms with Crippen molar-refractivity contribution in [2.75, 3.05) is 26.0 Å². The van der Waals surface area contributed by atoms with Crippen LogP contribution in [0.25, 0.3) is 0 Å². The highest BCUT2D eigenvalue weighted by molar-refractivity contribution is 7.89. The van der Waals surface area contributed by atoms with Crippen molar-refractivity contribution in [1.29, 1.82) is 0 Å². The van der Waals surface area contributed by atoms with Gasteiger partial charge in [0.05, 0.1) is 16.4 Å². The molecule has 3 rings (SSSR count). The van der Waals surface area contributed by atoms with Crippen molar-refractivity contribution in [2.24, 2.45) is 0 Å². The molecule has 1 heterocycles. The molecule has 0 radical (unpaired) electrons. The number of hydrogen-bond donors (Lipinski definition) is 1. The lowest BCUT2D eigenvalue weighted by molar-refractivity contribution is -0.117. The van der Waals surface area contributed by atoms with Crippen molar-refractivity contribution in [3.8, 4) is 0 Å². The average Bonchev–Trinajstić information content (AvgIpc) is 3.12. The lowest BCUT2D eigenvalue weighted by atomic mass is 9.96. The molecule has 1 amide bonds. The maximum Gasteiger partial charge on any atom is 0.243 e. The molecular formula is C21H30N4O3S2.